The Bertz CT molecular complexity index is 1060. The molecule has 0 N–H and O–H groups in total. The Hall–Kier alpha value is -3.40. The third-order valence-electron chi connectivity index (χ3n) is 4.65. The maximum atomic E-state index is 12.6. The number of allylic oxidation sites excluding steroid dienone is 1. The summed E-state index contributed by atoms with van der Waals surface area (Å²) in [5, 5.41) is 0. The minimum Gasteiger partial charge on any atom is -0.459 e. The summed E-state index contributed by atoms with van der Waals surface area (Å²) in [5.41, 5.74) is 4.78. The van der Waals surface area contributed by atoms with Gasteiger partial charge in [0.2, 0.25) is 0 Å². The molecule has 1 aromatic heterocycles. The molecule has 0 atom stereocenters. The zero-order valence-corrected chi connectivity index (χ0v) is 17.2. The lowest BCUT2D eigenvalue weighted by atomic mass is 10.1. The van der Waals surface area contributed by atoms with Gasteiger partial charge in [0.05, 0.1) is 17.4 Å². The number of para-hydroxylation sites is 1. The first-order valence-electron chi connectivity index (χ1n) is 9.65. The van der Waals surface area contributed by atoms with Gasteiger partial charge in [0.1, 0.15) is 0 Å². The van der Waals surface area contributed by atoms with Crippen molar-refractivity contribution >= 4 is 17.8 Å². The predicted octanol–water partition coefficient (Wildman–Crippen LogP) is 5.56. The number of aromatic nitrogens is 1. The molecule has 148 valence electrons. The molecule has 0 aliphatic heterocycles. The molecular weight excluding hydrogens is 362 g/mol. The number of carbonyl (C=O) groups excluding carboxylic acids is 2. The van der Waals surface area contributed by atoms with Crippen LogP contribution in [-0.2, 0) is 4.74 Å². The number of ketones is 1. The molecule has 4 heteroatoms. The van der Waals surface area contributed by atoms with Crippen molar-refractivity contribution in [3.05, 3.63) is 94.8 Å². The monoisotopic (exact) mass is 387 g/mol. The van der Waals surface area contributed by atoms with Gasteiger partial charge >= 0.3 is 5.97 Å². The van der Waals surface area contributed by atoms with E-state index in [0.717, 1.165) is 22.6 Å². The predicted molar refractivity (Wildman–Crippen MR) is 116 cm³/mol. The van der Waals surface area contributed by atoms with Gasteiger partial charge in [-0.25, -0.2) is 4.79 Å². The summed E-state index contributed by atoms with van der Waals surface area (Å²) in [6.07, 6.45) is 3.22. The molecule has 4 nitrogen and oxygen atoms in total. The standard InChI is InChI=1S/C25H25NO3/c1-17(2)29-25(28)22-12-8-9-13-23(22)26-18(3)16-21(19(26)4)14-15-24(27)20-10-6-5-7-11-20/h5-17H,1-4H3/b15-14+. The number of carbonyl (C=O) groups is 2. The van der Waals surface area contributed by atoms with Crippen molar-refractivity contribution in [1.29, 1.82) is 0 Å². The summed E-state index contributed by atoms with van der Waals surface area (Å²) in [6.45, 7) is 7.62. The Morgan fingerprint density at radius 3 is 2.31 bits per heavy atom. The van der Waals surface area contributed by atoms with Crippen LogP contribution in [-0.4, -0.2) is 22.4 Å². The Kier molecular flexibility index (Phi) is 6.13. The first-order valence-corrected chi connectivity index (χ1v) is 9.65. The van der Waals surface area contributed by atoms with Crippen molar-refractivity contribution in [3.8, 4) is 5.69 Å². The van der Waals surface area contributed by atoms with E-state index < -0.39 is 0 Å². The van der Waals surface area contributed by atoms with Crippen LogP contribution in [0.5, 0.6) is 0 Å². The minimum atomic E-state index is -0.348. The summed E-state index contributed by atoms with van der Waals surface area (Å²) in [5.74, 6) is -0.393. The van der Waals surface area contributed by atoms with E-state index in [1.54, 1.807) is 24.3 Å². The topological polar surface area (TPSA) is 48.3 Å². The van der Waals surface area contributed by atoms with Crippen LogP contribution in [0.2, 0.25) is 0 Å². The summed E-state index contributed by atoms with van der Waals surface area (Å²) >= 11 is 0. The summed E-state index contributed by atoms with van der Waals surface area (Å²) in [4.78, 5) is 24.9. The zero-order chi connectivity index (χ0) is 21.0. The molecule has 0 aliphatic rings. The van der Waals surface area contributed by atoms with Gasteiger partial charge in [-0.2, -0.15) is 0 Å². The van der Waals surface area contributed by atoms with Crippen LogP contribution in [0.3, 0.4) is 0 Å². The van der Waals surface area contributed by atoms with Gasteiger partial charge in [-0.3, -0.25) is 4.79 Å². The fourth-order valence-electron chi connectivity index (χ4n) is 3.31. The third kappa shape index (κ3) is 4.54. The van der Waals surface area contributed by atoms with E-state index in [4.69, 9.17) is 4.74 Å². The van der Waals surface area contributed by atoms with Crippen LogP contribution in [0.15, 0.2) is 66.7 Å². The van der Waals surface area contributed by atoms with Gasteiger partial charge < -0.3 is 9.30 Å². The lowest BCUT2D eigenvalue weighted by Crippen LogP contribution is -2.15. The number of ether oxygens (including phenoxy) is 1. The van der Waals surface area contributed by atoms with E-state index in [-0.39, 0.29) is 17.9 Å². The average molecular weight is 387 g/mol. The van der Waals surface area contributed by atoms with Crippen molar-refractivity contribution in [2.75, 3.05) is 0 Å². The molecule has 0 saturated heterocycles. The molecule has 0 bridgehead atoms. The average Bonchev–Trinajstić information content (AvgIpc) is 2.99. The number of aryl methyl sites for hydroxylation is 1. The van der Waals surface area contributed by atoms with Crippen LogP contribution in [0, 0.1) is 13.8 Å². The van der Waals surface area contributed by atoms with E-state index in [1.807, 2.05) is 80.8 Å². The highest BCUT2D eigenvalue weighted by molar-refractivity contribution is 6.06. The molecule has 1 heterocycles. The lowest BCUT2D eigenvalue weighted by Gasteiger charge is -2.15. The number of nitrogens with zero attached hydrogens (tertiary/aromatic N) is 1. The summed E-state index contributed by atoms with van der Waals surface area (Å²) in [6, 6.07) is 18.6. The number of benzene rings is 2. The molecule has 3 aromatic rings. The maximum Gasteiger partial charge on any atom is 0.340 e. The Labute approximate surface area is 171 Å². The van der Waals surface area contributed by atoms with Gasteiger partial charge in [-0.15, -0.1) is 0 Å². The molecular formula is C25H25NO3. The molecule has 3 rings (SSSR count). The van der Waals surface area contributed by atoms with Crippen molar-refractivity contribution in [3.63, 3.8) is 0 Å². The van der Waals surface area contributed by atoms with Crippen molar-refractivity contribution < 1.29 is 14.3 Å². The van der Waals surface area contributed by atoms with E-state index in [9.17, 15) is 9.59 Å². The van der Waals surface area contributed by atoms with Crippen LogP contribution in [0.25, 0.3) is 11.8 Å². The number of hydrogen-bond donors (Lipinski definition) is 0. The van der Waals surface area contributed by atoms with E-state index >= 15 is 0 Å². The first kappa shape index (κ1) is 20.3. The fourth-order valence-corrected chi connectivity index (χ4v) is 3.31. The second-order valence-electron chi connectivity index (χ2n) is 7.20. The Morgan fingerprint density at radius 1 is 0.966 bits per heavy atom. The van der Waals surface area contributed by atoms with Crippen LogP contribution < -0.4 is 0 Å². The van der Waals surface area contributed by atoms with Gasteiger partial charge in [0, 0.05) is 17.0 Å². The Balaban J connectivity index is 1.96. The highest BCUT2D eigenvalue weighted by Crippen LogP contribution is 2.25. The molecule has 0 spiro atoms. The molecule has 2 aromatic carbocycles. The molecule has 0 aliphatic carbocycles. The Morgan fingerprint density at radius 2 is 1.62 bits per heavy atom. The maximum absolute atomic E-state index is 12.6. The molecule has 0 saturated carbocycles. The second-order valence-corrected chi connectivity index (χ2v) is 7.20. The van der Waals surface area contributed by atoms with Gasteiger partial charge in [-0.1, -0.05) is 42.5 Å². The fraction of sp³-hybridized carbons (Fsp3) is 0.200. The molecule has 0 radical (unpaired) electrons. The highest BCUT2D eigenvalue weighted by Gasteiger charge is 2.18. The number of rotatable bonds is 6. The molecule has 0 fully saturated rings. The SMILES string of the molecule is Cc1cc(/C=C/C(=O)c2ccccc2)c(C)n1-c1ccccc1C(=O)OC(C)C. The molecule has 29 heavy (non-hydrogen) atoms. The molecule has 0 amide bonds. The normalized spacial score (nSPS) is 11.2. The van der Waals surface area contributed by atoms with Gasteiger partial charge in [0.25, 0.3) is 0 Å². The minimum absolute atomic E-state index is 0.0451. The van der Waals surface area contributed by atoms with Gasteiger partial charge in [-0.05, 0) is 63.6 Å². The first-order chi connectivity index (χ1) is 13.9. The van der Waals surface area contributed by atoms with Gasteiger partial charge in [0.15, 0.2) is 5.78 Å². The van der Waals surface area contributed by atoms with Crippen molar-refractivity contribution in [2.45, 2.75) is 33.8 Å². The van der Waals surface area contributed by atoms with Crippen molar-refractivity contribution in [1.82, 2.24) is 4.57 Å². The second kappa shape index (κ2) is 8.74. The van der Waals surface area contributed by atoms with Crippen LogP contribution in [0.4, 0.5) is 0 Å². The van der Waals surface area contributed by atoms with Crippen molar-refractivity contribution in [2.24, 2.45) is 0 Å². The van der Waals surface area contributed by atoms with E-state index in [1.165, 1.54) is 0 Å². The third-order valence-corrected chi connectivity index (χ3v) is 4.65. The number of hydrogen-bond acceptors (Lipinski definition) is 3. The highest BCUT2D eigenvalue weighted by atomic mass is 16.5. The van der Waals surface area contributed by atoms with E-state index in [2.05, 4.69) is 0 Å². The lowest BCUT2D eigenvalue weighted by molar-refractivity contribution is 0.0378. The largest absolute Gasteiger partial charge is 0.459 e. The summed E-state index contributed by atoms with van der Waals surface area (Å²) < 4.78 is 7.42. The van der Waals surface area contributed by atoms with Crippen LogP contribution >= 0.6 is 0 Å². The quantitative estimate of drug-likeness (QED) is 0.316. The van der Waals surface area contributed by atoms with Crippen LogP contribution in [0.1, 0.15) is 51.5 Å². The van der Waals surface area contributed by atoms with E-state index in [0.29, 0.717) is 11.1 Å². The summed E-state index contributed by atoms with van der Waals surface area (Å²) in [7, 11) is 0. The molecule has 0 unspecified atom stereocenters. The zero-order valence-electron chi connectivity index (χ0n) is 17.2. The number of esters is 1. The smallest absolute Gasteiger partial charge is 0.340 e.